The van der Waals surface area contributed by atoms with Crippen LogP contribution in [0.3, 0.4) is 0 Å². The standard InChI is InChI=1S/C13H27NO2/c1-4-7-8-9-12(14-10-5-2)11-13(15)16-6-3/h12,14H,4-11H2,1-3H3. The van der Waals surface area contributed by atoms with Crippen molar-refractivity contribution in [3.8, 4) is 0 Å². The third-order valence-corrected chi connectivity index (χ3v) is 2.56. The molecule has 0 rings (SSSR count). The minimum Gasteiger partial charge on any atom is -0.466 e. The number of carbonyl (C=O) groups excluding carboxylic acids is 1. The maximum atomic E-state index is 11.4. The molecule has 16 heavy (non-hydrogen) atoms. The zero-order valence-electron chi connectivity index (χ0n) is 11.1. The van der Waals surface area contributed by atoms with Crippen molar-refractivity contribution in [2.75, 3.05) is 13.2 Å². The first-order valence-electron chi connectivity index (χ1n) is 6.63. The molecule has 1 N–H and O–H groups in total. The van der Waals surface area contributed by atoms with Gasteiger partial charge in [-0.15, -0.1) is 0 Å². The van der Waals surface area contributed by atoms with Crippen molar-refractivity contribution in [3.63, 3.8) is 0 Å². The molecule has 0 saturated heterocycles. The molecule has 0 aliphatic rings. The van der Waals surface area contributed by atoms with Gasteiger partial charge in [0.1, 0.15) is 0 Å². The summed E-state index contributed by atoms with van der Waals surface area (Å²) in [6.45, 7) is 7.65. The minimum absolute atomic E-state index is 0.0763. The van der Waals surface area contributed by atoms with Gasteiger partial charge in [-0.1, -0.05) is 33.1 Å². The largest absolute Gasteiger partial charge is 0.466 e. The quantitative estimate of drug-likeness (QED) is 0.462. The van der Waals surface area contributed by atoms with E-state index in [1.807, 2.05) is 6.92 Å². The fourth-order valence-corrected chi connectivity index (χ4v) is 1.69. The molecule has 0 amide bonds. The van der Waals surface area contributed by atoms with E-state index in [0.29, 0.717) is 19.1 Å². The van der Waals surface area contributed by atoms with Crippen LogP contribution in [0.25, 0.3) is 0 Å². The lowest BCUT2D eigenvalue weighted by Crippen LogP contribution is -2.32. The summed E-state index contributed by atoms with van der Waals surface area (Å²) in [6, 6.07) is 0.297. The molecule has 0 saturated carbocycles. The Morgan fingerprint density at radius 1 is 1.19 bits per heavy atom. The second kappa shape index (κ2) is 10.9. The predicted octanol–water partition coefficient (Wildman–Crippen LogP) is 2.89. The molecule has 3 heteroatoms. The van der Waals surface area contributed by atoms with Crippen molar-refractivity contribution in [1.82, 2.24) is 5.32 Å². The summed E-state index contributed by atoms with van der Waals surface area (Å²) in [5, 5.41) is 3.42. The van der Waals surface area contributed by atoms with Gasteiger partial charge in [0.25, 0.3) is 0 Å². The fraction of sp³-hybridized carbons (Fsp3) is 0.923. The highest BCUT2D eigenvalue weighted by Gasteiger charge is 2.13. The molecule has 0 aromatic heterocycles. The Morgan fingerprint density at radius 2 is 1.94 bits per heavy atom. The summed E-state index contributed by atoms with van der Waals surface area (Å²) >= 11 is 0. The van der Waals surface area contributed by atoms with Gasteiger partial charge in [-0.2, -0.15) is 0 Å². The number of unbranched alkanes of at least 4 members (excludes halogenated alkanes) is 2. The van der Waals surface area contributed by atoms with Crippen LogP contribution in [0.5, 0.6) is 0 Å². The molecule has 0 radical (unpaired) electrons. The van der Waals surface area contributed by atoms with E-state index < -0.39 is 0 Å². The van der Waals surface area contributed by atoms with E-state index in [1.165, 1.54) is 19.3 Å². The molecule has 1 unspecified atom stereocenters. The van der Waals surface area contributed by atoms with Crippen LogP contribution in [-0.4, -0.2) is 25.2 Å². The average Bonchev–Trinajstić information content (AvgIpc) is 2.26. The molecular formula is C13H27NO2. The fourth-order valence-electron chi connectivity index (χ4n) is 1.69. The van der Waals surface area contributed by atoms with Crippen molar-refractivity contribution in [3.05, 3.63) is 0 Å². The Bertz CT molecular complexity index is 171. The van der Waals surface area contributed by atoms with E-state index in [2.05, 4.69) is 19.2 Å². The third kappa shape index (κ3) is 8.72. The van der Waals surface area contributed by atoms with Gasteiger partial charge in [0, 0.05) is 6.04 Å². The lowest BCUT2D eigenvalue weighted by molar-refractivity contribution is -0.143. The van der Waals surface area contributed by atoms with Gasteiger partial charge in [-0.25, -0.2) is 0 Å². The number of hydrogen-bond acceptors (Lipinski definition) is 3. The van der Waals surface area contributed by atoms with Gasteiger partial charge >= 0.3 is 5.97 Å². The average molecular weight is 229 g/mol. The van der Waals surface area contributed by atoms with Gasteiger partial charge in [-0.3, -0.25) is 4.79 Å². The molecule has 0 aliphatic heterocycles. The van der Waals surface area contributed by atoms with Gasteiger partial charge < -0.3 is 10.1 Å². The van der Waals surface area contributed by atoms with E-state index in [0.717, 1.165) is 19.4 Å². The van der Waals surface area contributed by atoms with Gasteiger partial charge in [0.2, 0.25) is 0 Å². The summed E-state index contributed by atoms with van der Waals surface area (Å²) in [7, 11) is 0. The molecule has 0 aliphatic carbocycles. The number of ether oxygens (including phenoxy) is 1. The lowest BCUT2D eigenvalue weighted by Gasteiger charge is -2.17. The Labute approximate surface area is 99.9 Å². The molecular weight excluding hydrogens is 202 g/mol. The maximum Gasteiger partial charge on any atom is 0.307 e. The first kappa shape index (κ1) is 15.4. The van der Waals surface area contributed by atoms with Crippen LogP contribution in [0.1, 0.15) is 59.3 Å². The first-order valence-corrected chi connectivity index (χ1v) is 6.63. The second-order valence-electron chi connectivity index (χ2n) is 4.16. The van der Waals surface area contributed by atoms with Crippen LogP contribution in [0, 0.1) is 0 Å². The SMILES string of the molecule is CCCCCC(CC(=O)OCC)NCCC. The number of hydrogen-bond donors (Lipinski definition) is 1. The molecule has 0 spiro atoms. The third-order valence-electron chi connectivity index (χ3n) is 2.56. The maximum absolute atomic E-state index is 11.4. The normalized spacial score (nSPS) is 12.4. The van der Waals surface area contributed by atoms with E-state index in [4.69, 9.17) is 4.74 Å². The number of nitrogens with one attached hydrogen (secondary N) is 1. The van der Waals surface area contributed by atoms with E-state index in [1.54, 1.807) is 0 Å². The van der Waals surface area contributed by atoms with Crippen LogP contribution < -0.4 is 5.32 Å². The van der Waals surface area contributed by atoms with Crippen molar-refractivity contribution in [2.24, 2.45) is 0 Å². The highest BCUT2D eigenvalue weighted by Crippen LogP contribution is 2.07. The molecule has 0 heterocycles. The molecule has 1 atom stereocenters. The first-order chi connectivity index (χ1) is 7.74. The Balaban J connectivity index is 3.83. The zero-order chi connectivity index (χ0) is 12.2. The Morgan fingerprint density at radius 3 is 2.50 bits per heavy atom. The number of esters is 1. The summed E-state index contributed by atoms with van der Waals surface area (Å²) in [5.41, 5.74) is 0. The van der Waals surface area contributed by atoms with Crippen molar-refractivity contribution in [1.29, 1.82) is 0 Å². The molecule has 0 bridgehead atoms. The molecule has 0 fully saturated rings. The predicted molar refractivity (Wildman–Crippen MR) is 67.5 cm³/mol. The Hall–Kier alpha value is -0.570. The monoisotopic (exact) mass is 229 g/mol. The van der Waals surface area contributed by atoms with E-state index >= 15 is 0 Å². The van der Waals surface area contributed by atoms with Gasteiger partial charge in [-0.05, 0) is 26.3 Å². The van der Waals surface area contributed by atoms with E-state index in [9.17, 15) is 4.79 Å². The Kier molecular flexibility index (Phi) is 10.5. The highest BCUT2D eigenvalue weighted by atomic mass is 16.5. The zero-order valence-corrected chi connectivity index (χ0v) is 11.1. The van der Waals surface area contributed by atoms with Crippen LogP contribution in [0.4, 0.5) is 0 Å². The van der Waals surface area contributed by atoms with Crippen molar-refractivity contribution >= 4 is 5.97 Å². The minimum atomic E-state index is -0.0763. The van der Waals surface area contributed by atoms with Crippen molar-refractivity contribution < 1.29 is 9.53 Å². The van der Waals surface area contributed by atoms with Crippen LogP contribution >= 0.6 is 0 Å². The van der Waals surface area contributed by atoms with Gasteiger partial charge in [0.15, 0.2) is 0 Å². The number of carbonyl (C=O) groups is 1. The molecule has 0 aromatic rings. The highest BCUT2D eigenvalue weighted by molar-refractivity contribution is 5.70. The summed E-state index contributed by atoms with van der Waals surface area (Å²) in [5.74, 6) is -0.0763. The summed E-state index contributed by atoms with van der Waals surface area (Å²) < 4.78 is 4.98. The van der Waals surface area contributed by atoms with Crippen molar-refractivity contribution in [2.45, 2.75) is 65.3 Å². The van der Waals surface area contributed by atoms with Crippen LogP contribution in [-0.2, 0) is 9.53 Å². The van der Waals surface area contributed by atoms with E-state index in [-0.39, 0.29) is 5.97 Å². The summed E-state index contributed by atoms with van der Waals surface area (Å²) in [4.78, 5) is 11.4. The molecule has 0 aromatic carbocycles. The molecule has 3 nitrogen and oxygen atoms in total. The van der Waals surface area contributed by atoms with Gasteiger partial charge in [0.05, 0.1) is 13.0 Å². The number of rotatable bonds is 10. The van der Waals surface area contributed by atoms with Crippen LogP contribution in [0.15, 0.2) is 0 Å². The lowest BCUT2D eigenvalue weighted by atomic mass is 10.1. The smallest absolute Gasteiger partial charge is 0.307 e. The topological polar surface area (TPSA) is 38.3 Å². The molecule has 96 valence electrons. The summed E-state index contributed by atoms with van der Waals surface area (Å²) in [6.07, 6.45) is 6.35. The second-order valence-corrected chi connectivity index (χ2v) is 4.16. The van der Waals surface area contributed by atoms with Crippen LogP contribution in [0.2, 0.25) is 0 Å².